The molecule has 0 radical (unpaired) electrons. The van der Waals surface area contributed by atoms with E-state index in [1.807, 2.05) is 0 Å². The van der Waals surface area contributed by atoms with E-state index in [0.29, 0.717) is 6.04 Å². The highest BCUT2D eigenvalue weighted by Crippen LogP contribution is 2.31. The van der Waals surface area contributed by atoms with Crippen LogP contribution < -0.4 is 5.73 Å². The molecule has 3 heteroatoms. The summed E-state index contributed by atoms with van der Waals surface area (Å²) < 4.78 is 0. The monoisotopic (exact) mass is 248 g/mol. The zero-order valence-electron chi connectivity index (χ0n) is 11.1. The summed E-state index contributed by atoms with van der Waals surface area (Å²) in [6.45, 7) is 6.58. The highest BCUT2D eigenvalue weighted by molar-refractivity contribution is 5.85. The maximum absolute atomic E-state index is 5.69. The maximum Gasteiger partial charge on any atom is 0.0187 e. The number of hydrogen-bond acceptors (Lipinski definition) is 2. The van der Waals surface area contributed by atoms with E-state index in [0.717, 1.165) is 18.4 Å². The van der Waals surface area contributed by atoms with E-state index >= 15 is 0 Å². The SMILES string of the molecule is CCC1CCCC(CN(C)C(C)CN)C1.Cl. The number of nitrogens with zero attached hydrogens (tertiary/aromatic N) is 1. The summed E-state index contributed by atoms with van der Waals surface area (Å²) in [5.41, 5.74) is 5.69. The van der Waals surface area contributed by atoms with Crippen molar-refractivity contribution in [2.24, 2.45) is 17.6 Å². The first-order valence-electron chi connectivity index (χ1n) is 6.57. The fourth-order valence-electron chi connectivity index (χ4n) is 2.71. The van der Waals surface area contributed by atoms with Gasteiger partial charge in [-0.3, -0.25) is 0 Å². The van der Waals surface area contributed by atoms with Crippen LogP contribution in [0.25, 0.3) is 0 Å². The van der Waals surface area contributed by atoms with Gasteiger partial charge in [-0.2, -0.15) is 0 Å². The highest BCUT2D eigenvalue weighted by atomic mass is 35.5. The van der Waals surface area contributed by atoms with Crippen molar-refractivity contribution in [2.75, 3.05) is 20.1 Å². The molecule has 0 aliphatic heterocycles. The average molecular weight is 249 g/mol. The third kappa shape index (κ3) is 5.03. The molecule has 0 amide bonds. The number of nitrogens with two attached hydrogens (primary N) is 1. The van der Waals surface area contributed by atoms with Crippen LogP contribution in [-0.2, 0) is 0 Å². The zero-order valence-corrected chi connectivity index (χ0v) is 11.9. The third-order valence-corrected chi connectivity index (χ3v) is 4.11. The number of likely N-dealkylation sites (N-methyl/N-ethyl adjacent to an activating group) is 1. The van der Waals surface area contributed by atoms with Crippen molar-refractivity contribution in [1.82, 2.24) is 4.90 Å². The Morgan fingerprint density at radius 2 is 1.94 bits per heavy atom. The molecule has 16 heavy (non-hydrogen) atoms. The van der Waals surface area contributed by atoms with Gasteiger partial charge < -0.3 is 10.6 Å². The molecule has 0 heterocycles. The van der Waals surface area contributed by atoms with E-state index in [9.17, 15) is 0 Å². The van der Waals surface area contributed by atoms with Crippen molar-refractivity contribution in [1.29, 1.82) is 0 Å². The van der Waals surface area contributed by atoms with Crippen LogP contribution in [0.15, 0.2) is 0 Å². The molecule has 1 saturated carbocycles. The quantitative estimate of drug-likeness (QED) is 0.811. The third-order valence-electron chi connectivity index (χ3n) is 4.11. The summed E-state index contributed by atoms with van der Waals surface area (Å²) in [5, 5.41) is 0. The molecule has 1 rings (SSSR count). The summed E-state index contributed by atoms with van der Waals surface area (Å²) >= 11 is 0. The van der Waals surface area contributed by atoms with Crippen LogP contribution in [0.5, 0.6) is 0 Å². The van der Waals surface area contributed by atoms with Crippen LogP contribution in [0.3, 0.4) is 0 Å². The lowest BCUT2D eigenvalue weighted by Crippen LogP contribution is -2.39. The van der Waals surface area contributed by atoms with Crippen LogP contribution in [0.1, 0.15) is 46.0 Å². The van der Waals surface area contributed by atoms with E-state index in [1.54, 1.807) is 0 Å². The van der Waals surface area contributed by atoms with Gasteiger partial charge >= 0.3 is 0 Å². The second-order valence-electron chi connectivity index (χ2n) is 5.33. The summed E-state index contributed by atoms with van der Waals surface area (Å²) in [7, 11) is 2.22. The molecule has 0 aromatic heterocycles. The standard InChI is InChI=1S/C13H28N2.ClH/c1-4-12-6-5-7-13(8-12)10-15(3)11(2)9-14;/h11-13H,4-10,14H2,1-3H3;1H. The smallest absolute Gasteiger partial charge is 0.0187 e. The molecule has 0 saturated heterocycles. The van der Waals surface area contributed by atoms with Crippen molar-refractivity contribution in [2.45, 2.75) is 52.0 Å². The van der Waals surface area contributed by atoms with E-state index in [4.69, 9.17) is 5.73 Å². The Morgan fingerprint density at radius 1 is 1.31 bits per heavy atom. The highest BCUT2D eigenvalue weighted by Gasteiger charge is 2.22. The van der Waals surface area contributed by atoms with Crippen LogP contribution in [0.4, 0.5) is 0 Å². The predicted octanol–water partition coefficient (Wildman–Crippen LogP) is 2.90. The normalized spacial score (nSPS) is 27.6. The van der Waals surface area contributed by atoms with Gasteiger partial charge in [0.2, 0.25) is 0 Å². The topological polar surface area (TPSA) is 29.3 Å². The molecule has 0 bridgehead atoms. The van der Waals surface area contributed by atoms with Gasteiger partial charge in [-0.05, 0) is 38.6 Å². The first kappa shape index (κ1) is 16.2. The minimum atomic E-state index is 0. The summed E-state index contributed by atoms with van der Waals surface area (Å²) in [4.78, 5) is 2.43. The number of rotatable bonds is 5. The second-order valence-corrected chi connectivity index (χ2v) is 5.33. The molecule has 98 valence electrons. The zero-order chi connectivity index (χ0) is 11.3. The molecule has 0 spiro atoms. The number of hydrogen-bond donors (Lipinski definition) is 1. The molecule has 1 aliphatic rings. The first-order valence-corrected chi connectivity index (χ1v) is 6.57. The fourth-order valence-corrected chi connectivity index (χ4v) is 2.71. The molecular weight excluding hydrogens is 220 g/mol. The van der Waals surface area contributed by atoms with E-state index in [-0.39, 0.29) is 12.4 Å². The van der Waals surface area contributed by atoms with Crippen molar-refractivity contribution >= 4 is 12.4 Å². The van der Waals surface area contributed by atoms with E-state index < -0.39 is 0 Å². The molecule has 2 N–H and O–H groups in total. The molecule has 1 aliphatic carbocycles. The van der Waals surface area contributed by atoms with E-state index in [2.05, 4.69) is 25.8 Å². The molecule has 0 aromatic carbocycles. The lowest BCUT2D eigenvalue weighted by atomic mass is 9.80. The van der Waals surface area contributed by atoms with Crippen LogP contribution in [-0.4, -0.2) is 31.1 Å². The maximum atomic E-state index is 5.69. The lowest BCUT2D eigenvalue weighted by molar-refractivity contribution is 0.168. The summed E-state index contributed by atoms with van der Waals surface area (Å²) in [5.74, 6) is 1.91. The van der Waals surface area contributed by atoms with Gasteiger partial charge in [0.15, 0.2) is 0 Å². The second kappa shape index (κ2) is 8.32. The van der Waals surface area contributed by atoms with Crippen LogP contribution in [0.2, 0.25) is 0 Å². The summed E-state index contributed by atoms with van der Waals surface area (Å²) in [6.07, 6.45) is 7.14. The van der Waals surface area contributed by atoms with Crippen molar-refractivity contribution in [3.8, 4) is 0 Å². The Labute approximate surface area is 107 Å². The lowest BCUT2D eigenvalue weighted by Gasteiger charge is -2.33. The molecule has 3 atom stereocenters. The van der Waals surface area contributed by atoms with Crippen LogP contribution >= 0.6 is 12.4 Å². The van der Waals surface area contributed by atoms with Crippen LogP contribution in [0, 0.1) is 11.8 Å². The Hall–Kier alpha value is 0.210. The van der Waals surface area contributed by atoms with Crippen molar-refractivity contribution in [3.05, 3.63) is 0 Å². The van der Waals surface area contributed by atoms with E-state index in [1.165, 1.54) is 38.6 Å². The van der Waals surface area contributed by atoms with Gasteiger partial charge in [-0.1, -0.05) is 26.2 Å². The van der Waals surface area contributed by atoms with Crippen molar-refractivity contribution in [3.63, 3.8) is 0 Å². The molecule has 3 unspecified atom stereocenters. The molecule has 0 aromatic rings. The Kier molecular flexibility index (Phi) is 8.43. The van der Waals surface area contributed by atoms with Gasteiger partial charge in [-0.15, -0.1) is 12.4 Å². The molecular formula is C13H29ClN2. The van der Waals surface area contributed by atoms with Gasteiger partial charge in [0.1, 0.15) is 0 Å². The Bertz CT molecular complexity index is 175. The van der Waals surface area contributed by atoms with Gasteiger partial charge in [-0.25, -0.2) is 0 Å². The first-order chi connectivity index (χ1) is 7.17. The number of halogens is 1. The summed E-state index contributed by atoms with van der Waals surface area (Å²) in [6, 6.07) is 0.534. The average Bonchev–Trinajstić information content (AvgIpc) is 2.28. The van der Waals surface area contributed by atoms with Crippen molar-refractivity contribution < 1.29 is 0 Å². The fraction of sp³-hybridized carbons (Fsp3) is 1.00. The minimum absolute atomic E-state index is 0. The minimum Gasteiger partial charge on any atom is -0.329 e. The Balaban J connectivity index is 0.00000225. The molecule has 1 fully saturated rings. The van der Waals surface area contributed by atoms with Gasteiger partial charge in [0.25, 0.3) is 0 Å². The molecule has 2 nitrogen and oxygen atoms in total. The van der Waals surface area contributed by atoms with Gasteiger partial charge in [0.05, 0.1) is 0 Å². The van der Waals surface area contributed by atoms with Gasteiger partial charge in [0, 0.05) is 19.1 Å². The largest absolute Gasteiger partial charge is 0.329 e. The predicted molar refractivity (Wildman–Crippen MR) is 74.1 cm³/mol. The Morgan fingerprint density at radius 3 is 2.50 bits per heavy atom.